The summed E-state index contributed by atoms with van der Waals surface area (Å²) in [6, 6.07) is 21.1. The normalized spacial score (nSPS) is 16.4. The number of carbonyl (C=O) groups excluding carboxylic acids is 6. The summed E-state index contributed by atoms with van der Waals surface area (Å²) < 4.78 is 33.4. The van der Waals surface area contributed by atoms with E-state index in [0.717, 1.165) is 26.4 Å². The Morgan fingerprint density at radius 2 is 1.40 bits per heavy atom. The predicted molar refractivity (Wildman–Crippen MR) is 280 cm³/mol. The number of carbonyl (C=O) groups is 7. The number of hydrogen-bond acceptors (Lipinski definition) is 10. The fourth-order valence-corrected chi connectivity index (χ4v) is 10.6. The lowest BCUT2D eigenvalue weighted by molar-refractivity contribution is -0.147. The van der Waals surface area contributed by atoms with E-state index in [1.54, 1.807) is 52.0 Å². The van der Waals surface area contributed by atoms with Gasteiger partial charge in [-0.2, -0.15) is 8.42 Å². The smallest absolute Gasteiger partial charge is 0.319 e. The van der Waals surface area contributed by atoms with Crippen LogP contribution >= 0.6 is 11.3 Å². The number of hydrogen-bond donors (Lipinski definition) is 8. The number of rotatable bonds is 22. The van der Waals surface area contributed by atoms with E-state index < -0.39 is 92.7 Å². The van der Waals surface area contributed by atoms with Crippen LogP contribution in [0.5, 0.6) is 0 Å². The first-order valence-corrected chi connectivity index (χ1v) is 26.8. The fourth-order valence-electron chi connectivity index (χ4n) is 8.97. The summed E-state index contributed by atoms with van der Waals surface area (Å²) in [5.74, 6) is -4.77. The number of aliphatic carboxylic acids is 1. The molecule has 20 heteroatoms. The minimum Gasteiger partial charge on any atom is -0.481 e. The highest BCUT2D eigenvalue weighted by atomic mass is 32.2. The number of urea groups is 1. The van der Waals surface area contributed by atoms with Crippen LogP contribution in [0.1, 0.15) is 96.3 Å². The van der Waals surface area contributed by atoms with E-state index in [-0.39, 0.29) is 51.5 Å². The van der Waals surface area contributed by atoms with Crippen molar-refractivity contribution in [3.63, 3.8) is 0 Å². The highest BCUT2D eigenvalue weighted by Crippen LogP contribution is 2.32. The van der Waals surface area contributed by atoms with Crippen LogP contribution in [0.3, 0.4) is 0 Å². The highest BCUT2D eigenvalue weighted by Gasteiger charge is 2.48. The molecule has 2 heterocycles. The number of amides is 7. The molecule has 390 valence electrons. The van der Waals surface area contributed by atoms with E-state index in [1.165, 1.54) is 28.4 Å². The molecule has 1 fully saturated rings. The molecule has 5 aromatic rings. The van der Waals surface area contributed by atoms with E-state index >= 15 is 0 Å². The Bertz CT molecular complexity index is 2940. The third kappa shape index (κ3) is 15.6. The third-order valence-electron chi connectivity index (χ3n) is 12.7. The number of anilines is 1. The molecule has 0 aliphatic carbocycles. The van der Waals surface area contributed by atoms with Crippen molar-refractivity contribution in [3.8, 4) is 0 Å². The van der Waals surface area contributed by atoms with Crippen LogP contribution in [0.25, 0.3) is 20.9 Å². The fraction of sp³-hybridized carbons (Fsp3) is 0.415. The molecule has 73 heavy (non-hydrogen) atoms. The molecule has 6 rings (SSSR count). The second kappa shape index (κ2) is 24.2. The second-order valence-corrected chi connectivity index (χ2v) is 22.1. The molecule has 1 aliphatic rings. The molecular formula is C53H65N7O11S2. The number of likely N-dealkylation sites (tertiary alicyclic amines) is 1. The quantitative estimate of drug-likeness (QED) is 0.0361. The molecule has 8 N–H and O–H groups in total. The summed E-state index contributed by atoms with van der Waals surface area (Å²) >= 11 is 1.47. The molecule has 0 saturated carbocycles. The standard InChI is InChI=1S/C53H65N7O11S2/c1-6-13-41(56-46(63)42(28-33-20-22-34(23-21-33)32-73(69,70)71)58-51(68)54-38-25-24-35-14-7-8-15-36(35)29-38)49(66)60-27-12-26-53(60,5)50(67)57-43(30-37-31-72-44-18-10-9-16-39(37)44)47(64)55-40(17-11-19-45(61)62)48(65)59-52(2,3)4/h7-10,14-16,18,20-25,29,31,40-43H,6,11-13,17,19,26-28,30,32H2,1-5H3,(H,55,64)(H,56,63)(H,57,67)(H,59,65)(H,61,62)(H2,54,58,68)(H,69,70,71)/t40-,41-,42-,43-,53-/m0/s1. The van der Waals surface area contributed by atoms with E-state index in [4.69, 9.17) is 0 Å². The highest BCUT2D eigenvalue weighted by molar-refractivity contribution is 7.85. The molecular weight excluding hydrogens is 975 g/mol. The van der Waals surface area contributed by atoms with Gasteiger partial charge in [0.05, 0.1) is 0 Å². The van der Waals surface area contributed by atoms with E-state index in [9.17, 15) is 51.6 Å². The summed E-state index contributed by atoms with van der Waals surface area (Å²) in [6.45, 7) is 8.91. The number of thiophene rings is 1. The van der Waals surface area contributed by atoms with Crippen molar-refractivity contribution in [1.29, 1.82) is 0 Å². The van der Waals surface area contributed by atoms with Crippen molar-refractivity contribution in [2.75, 3.05) is 11.9 Å². The van der Waals surface area contributed by atoms with Gasteiger partial charge >= 0.3 is 12.0 Å². The number of carboxylic acids is 1. The van der Waals surface area contributed by atoms with Crippen LogP contribution < -0.4 is 31.9 Å². The van der Waals surface area contributed by atoms with Gasteiger partial charge in [-0.15, -0.1) is 11.3 Å². The van der Waals surface area contributed by atoms with Crippen LogP contribution in [-0.2, 0) is 57.5 Å². The van der Waals surface area contributed by atoms with Gasteiger partial charge in [0.1, 0.15) is 35.5 Å². The summed E-state index contributed by atoms with van der Waals surface area (Å²) in [7, 11) is -4.32. The first-order chi connectivity index (χ1) is 34.5. The van der Waals surface area contributed by atoms with Crippen molar-refractivity contribution in [2.45, 2.75) is 133 Å². The number of carboxylic acid groups (broad SMARTS) is 1. The molecule has 18 nitrogen and oxygen atoms in total. The lowest BCUT2D eigenvalue weighted by Gasteiger charge is -2.37. The molecule has 0 radical (unpaired) electrons. The number of benzene rings is 4. The Kier molecular flexibility index (Phi) is 18.4. The number of fused-ring (bicyclic) bond motifs is 2. The Balaban J connectivity index is 1.23. The summed E-state index contributed by atoms with van der Waals surface area (Å²) in [6.07, 6.45) is 1.05. The summed E-state index contributed by atoms with van der Waals surface area (Å²) in [4.78, 5) is 98.4. The van der Waals surface area contributed by atoms with Gasteiger partial charge in [-0.25, -0.2) is 4.79 Å². The maximum Gasteiger partial charge on any atom is 0.319 e. The zero-order valence-corrected chi connectivity index (χ0v) is 43.3. The molecule has 1 aliphatic heterocycles. The van der Waals surface area contributed by atoms with Crippen LogP contribution in [0.2, 0.25) is 0 Å². The molecule has 4 aromatic carbocycles. The predicted octanol–water partition coefficient (Wildman–Crippen LogP) is 6.22. The molecule has 0 spiro atoms. The van der Waals surface area contributed by atoms with E-state index in [2.05, 4.69) is 31.9 Å². The maximum atomic E-state index is 14.8. The second-order valence-electron chi connectivity index (χ2n) is 19.8. The Labute approximate surface area is 429 Å². The minimum absolute atomic E-state index is 0.0152. The molecule has 1 aromatic heterocycles. The van der Waals surface area contributed by atoms with E-state index in [1.807, 2.05) is 66.9 Å². The van der Waals surface area contributed by atoms with Crippen LogP contribution in [0.15, 0.2) is 96.4 Å². The average molecular weight is 1040 g/mol. The zero-order valence-electron chi connectivity index (χ0n) is 41.7. The first-order valence-electron chi connectivity index (χ1n) is 24.3. The monoisotopic (exact) mass is 1040 g/mol. The van der Waals surface area contributed by atoms with Crippen molar-refractivity contribution in [2.24, 2.45) is 0 Å². The molecule has 0 bridgehead atoms. The van der Waals surface area contributed by atoms with Gasteiger partial charge in [0, 0.05) is 41.7 Å². The van der Waals surface area contributed by atoms with Crippen molar-refractivity contribution >= 4 is 89.5 Å². The van der Waals surface area contributed by atoms with Gasteiger partial charge in [-0.1, -0.05) is 86.1 Å². The number of nitrogens with zero attached hydrogens (tertiary/aromatic N) is 1. The Morgan fingerprint density at radius 3 is 2.07 bits per heavy atom. The van der Waals surface area contributed by atoms with Gasteiger partial charge in [0.25, 0.3) is 10.1 Å². The summed E-state index contributed by atoms with van der Waals surface area (Å²) in [5, 5.41) is 30.9. The van der Waals surface area contributed by atoms with Gasteiger partial charge in [0.2, 0.25) is 29.5 Å². The lowest BCUT2D eigenvalue weighted by atomic mass is 9.94. The average Bonchev–Trinajstić information content (AvgIpc) is 3.93. The van der Waals surface area contributed by atoms with Gasteiger partial charge in [-0.05, 0) is 116 Å². The Hall–Kier alpha value is -6.90. The van der Waals surface area contributed by atoms with E-state index in [0.29, 0.717) is 29.7 Å². The van der Waals surface area contributed by atoms with Gasteiger partial charge < -0.3 is 41.9 Å². The lowest BCUT2D eigenvalue weighted by Crippen LogP contribution is -2.63. The molecule has 1 saturated heterocycles. The largest absolute Gasteiger partial charge is 0.481 e. The summed E-state index contributed by atoms with van der Waals surface area (Å²) in [5.41, 5.74) is -0.127. The maximum absolute atomic E-state index is 14.8. The van der Waals surface area contributed by atoms with Crippen molar-refractivity contribution in [1.82, 2.24) is 31.5 Å². The number of nitrogens with one attached hydrogen (secondary N) is 6. The van der Waals surface area contributed by atoms with Crippen LogP contribution in [0.4, 0.5) is 10.5 Å². The minimum atomic E-state index is -4.32. The molecule has 0 unspecified atom stereocenters. The van der Waals surface area contributed by atoms with Gasteiger partial charge in [0.15, 0.2) is 0 Å². The topological polar surface area (TPSA) is 270 Å². The third-order valence-corrected chi connectivity index (χ3v) is 14.4. The van der Waals surface area contributed by atoms with Crippen molar-refractivity contribution < 1.29 is 51.6 Å². The zero-order chi connectivity index (χ0) is 53.1. The first kappa shape index (κ1) is 55.4. The van der Waals surface area contributed by atoms with Crippen LogP contribution in [0, 0.1) is 0 Å². The SMILES string of the molecule is CCC[C@H](NC(=O)[C@H](Cc1ccc(CS(=O)(=O)O)cc1)NC(=O)Nc1ccc2ccccc2c1)C(=O)N1CCC[C@@]1(C)C(=O)N[C@@H](Cc1csc2ccccc12)C(=O)N[C@@H](CCCC(=O)O)C(=O)NC(C)(C)C. The molecule has 5 atom stereocenters. The van der Waals surface area contributed by atoms with Gasteiger partial charge in [-0.3, -0.25) is 33.3 Å². The van der Waals surface area contributed by atoms with Crippen LogP contribution in [-0.4, -0.2) is 106 Å². The van der Waals surface area contributed by atoms with Crippen molar-refractivity contribution in [3.05, 3.63) is 113 Å². The Morgan fingerprint density at radius 1 is 0.753 bits per heavy atom. The molecule has 7 amide bonds.